The average Bonchev–Trinajstić information content (AvgIpc) is 2.91. The van der Waals surface area contributed by atoms with Crippen molar-refractivity contribution in [3.05, 3.63) is 59.2 Å². The summed E-state index contributed by atoms with van der Waals surface area (Å²) in [6, 6.07) is 13.7. The molecule has 4 heteroatoms. The predicted molar refractivity (Wildman–Crippen MR) is 96.2 cm³/mol. The number of carbonyl (C=O) groups is 2. The van der Waals surface area contributed by atoms with Gasteiger partial charge in [-0.15, -0.1) is 0 Å². The molecule has 1 heterocycles. The van der Waals surface area contributed by atoms with Gasteiger partial charge >= 0.3 is 0 Å². The lowest BCUT2D eigenvalue weighted by atomic mass is 10.1. The van der Waals surface area contributed by atoms with Crippen molar-refractivity contribution < 1.29 is 9.59 Å². The van der Waals surface area contributed by atoms with E-state index in [1.54, 1.807) is 4.90 Å². The summed E-state index contributed by atoms with van der Waals surface area (Å²) in [6.45, 7) is 6.43. The van der Waals surface area contributed by atoms with E-state index < -0.39 is 0 Å². The van der Waals surface area contributed by atoms with Gasteiger partial charge in [-0.05, 0) is 44.0 Å². The summed E-state index contributed by atoms with van der Waals surface area (Å²) in [6.07, 6.45) is 0.255. The van der Waals surface area contributed by atoms with Gasteiger partial charge in [-0.2, -0.15) is 0 Å². The lowest BCUT2D eigenvalue weighted by molar-refractivity contribution is -0.122. The number of para-hydroxylation sites is 1. The maximum atomic E-state index is 12.5. The van der Waals surface area contributed by atoms with Gasteiger partial charge in [0.2, 0.25) is 11.8 Å². The molecule has 1 saturated heterocycles. The highest BCUT2D eigenvalue weighted by atomic mass is 16.2. The zero-order valence-electron chi connectivity index (χ0n) is 14.3. The molecular formula is C20H22N2O2. The van der Waals surface area contributed by atoms with Crippen LogP contribution in [0.1, 0.15) is 23.1 Å². The van der Waals surface area contributed by atoms with E-state index in [9.17, 15) is 9.59 Å². The van der Waals surface area contributed by atoms with E-state index in [0.29, 0.717) is 6.54 Å². The number of hydrogen-bond acceptors (Lipinski definition) is 2. The average molecular weight is 322 g/mol. The molecule has 3 rings (SSSR count). The first-order valence-electron chi connectivity index (χ1n) is 8.20. The summed E-state index contributed by atoms with van der Waals surface area (Å²) in [5.41, 5.74) is 4.97. The molecular weight excluding hydrogens is 300 g/mol. The number of amides is 2. The Hall–Kier alpha value is -2.62. The Morgan fingerprint density at radius 2 is 1.67 bits per heavy atom. The van der Waals surface area contributed by atoms with Crippen molar-refractivity contribution in [3.63, 3.8) is 0 Å². The monoisotopic (exact) mass is 322 g/mol. The molecule has 0 unspecified atom stereocenters. The van der Waals surface area contributed by atoms with Crippen LogP contribution in [0.4, 0.5) is 11.4 Å². The molecule has 0 radical (unpaired) electrons. The number of benzene rings is 2. The molecule has 1 aliphatic heterocycles. The predicted octanol–water partition coefficient (Wildman–Crippen LogP) is 3.60. The van der Waals surface area contributed by atoms with Crippen LogP contribution in [-0.4, -0.2) is 18.4 Å². The van der Waals surface area contributed by atoms with E-state index >= 15 is 0 Å². The second-order valence-corrected chi connectivity index (χ2v) is 6.50. The van der Waals surface area contributed by atoms with Gasteiger partial charge < -0.3 is 10.2 Å². The fourth-order valence-corrected chi connectivity index (χ4v) is 3.21. The number of aryl methyl sites for hydroxylation is 3. The second-order valence-electron chi connectivity index (χ2n) is 6.50. The molecule has 1 fully saturated rings. The maximum absolute atomic E-state index is 12.5. The Balaban J connectivity index is 1.74. The molecule has 0 spiro atoms. The second kappa shape index (κ2) is 6.48. The molecule has 1 aliphatic rings. The van der Waals surface area contributed by atoms with E-state index in [4.69, 9.17) is 0 Å². The van der Waals surface area contributed by atoms with E-state index in [1.165, 1.54) is 0 Å². The van der Waals surface area contributed by atoms with Crippen LogP contribution >= 0.6 is 0 Å². The van der Waals surface area contributed by atoms with Gasteiger partial charge in [-0.1, -0.05) is 35.9 Å². The fraction of sp³-hybridized carbons (Fsp3) is 0.300. The number of hydrogen-bond donors (Lipinski definition) is 1. The molecule has 1 atom stereocenters. The van der Waals surface area contributed by atoms with E-state index in [1.807, 2.05) is 63.2 Å². The number of nitrogens with one attached hydrogen (secondary N) is 1. The number of carbonyl (C=O) groups excluding carboxylic acids is 2. The third kappa shape index (κ3) is 3.18. The summed E-state index contributed by atoms with van der Waals surface area (Å²) in [7, 11) is 0. The van der Waals surface area contributed by atoms with Gasteiger partial charge in [0.15, 0.2) is 0 Å². The minimum absolute atomic E-state index is 0.0106. The van der Waals surface area contributed by atoms with E-state index in [0.717, 1.165) is 28.1 Å². The van der Waals surface area contributed by atoms with Crippen LogP contribution in [-0.2, 0) is 9.59 Å². The Kier molecular flexibility index (Phi) is 4.38. The fourth-order valence-electron chi connectivity index (χ4n) is 3.21. The molecule has 4 nitrogen and oxygen atoms in total. The highest BCUT2D eigenvalue weighted by Gasteiger charge is 2.36. The number of anilines is 2. The molecule has 2 aromatic rings. The highest BCUT2D eigenvalue weighted by Crippen LogP contribution is 2.31. The molecule has 2 aromatic carbocycles. The first kappa shape index (κ1) is 16.2. The van der Waals surface area contributed by atoms with E-state index in [-0.39, 0.29) is 24.2 Å². The van der Waals surface area contributed by atoms with Crippen molar-refractivity contribution in [1.82, 2.24) is 0 Å². The van der Waals surface area contributed by atoms with Crippen molar-refractivity contribution >= 4 is 23.2 Å². The lowest BCUT2D eigenvalue weighted by Gasteiger charge is -2.21. The van der Waals surface area contributed by atoms with Gasteiger partial charge in [0, 0.05) is 24.3 Å². The van der Waals surface area contributed by atoms with E-state index in [2.05, 4.69) is 5.32 Å². The van der Waals surface area contributed by atoms with Crippen molar-refractivity contribution in [1.29, 1.82) is 0 Å². The third-order valence-electron chi connectivity index (χ3n) is 4.52. The quantitative estimate of drug-likeness (QED) is 0.938. The van der Waals surface area contributed by atoms with Crippen molar-refractivity contribution in [2.24, 2.45) is 5.92 Å². The van der Waals surface area contributed by atoms with Gasteiger partial charge in [-0.25, -0.2) is 0 Å². The molecule has 0 aromatic heterocycles. The zero-order chi connectivity index (χ0) is 17.3. The first-order valence-corrected chi connectivity index (χ1v) is 8.20. The first-order chi connectivity index (χ1) is 11.5. The van der Waals surface area contributed by atoms with Gasteiger partial charge in [0.25, 0.3) is 0 Å². The van der Waals surface area contributed by atoms with Gasteiger partial charge in [-0.3, -0.25) is 9.59 Å². The maximum Gasteiger partial charge on any atom is 0.229 e. The molecule has 2 amide bonds. The van der Waals surface area contributed by atoms with Crippen molar-refractivity contribution in [2.75, 3.05) is 16.8 Å². The Morgan fingerprint density at radius 3 is 2.29 bits per heavy atom. The molecule has 24 heavy (non-hydrogen) atoms. The SMILES string of the molecule is Cc1ccc(NC(=O)[C@H]2CC(=O)N(c3c(C)cccc3C)C2)cc1. The molecule has 0 saturated carbocycles. The van der Waals surface area contributed by atoms with Gasteiger partial charge in [0.05, 0.1) is 5.92 Å². The summed E-state index contributed by atoms with van der Waals surface area (Å²) in [4.78, 5) is 26.7. The van der Waals surface area contributed by atoms with Crippen LogP contribution in [0.2, 0.25) is 0 Å². The summed E-state index contributed by atoms with van der Waals surface area (Å²) >= 11 is 0. The summed E-state index contributed by atoms with van der Waals surface area (Å²) in [5, 5.41) is 2.92. The topological polar surface area (TPSA) is 49.4 Å². The third-order valence-corrected chi connectivity index (χ3v) is 4.52. The van der Waals surface area contributed by atoms with Crippen molar-refractivity contribution in [3.8, 4) is 0 Å². The summed E-state index contributed by atoms with van der Waals surface area (Å²) in [5.74, 6) is -0.407. The number of rotatable bonds is 3. The van der Waals surface area contributed by atoms with Crippen LogP contribution in [0.3, 0.4) is 0 Å². The standard InChI is InChI=1S/C20H22N2O2/c1-13-7-9-17(10-8-13)21-20(24)16-11-18(23)22(12-16)19-14(2)5-4-6-15(19)3/h4-10,16H,11-12H2,1-3H3,(H,21,24)/t16-/m0/s1. The molecule has 0 aliphatic carbocycles. The molecule has 1 N–H and O–H groups in total. The smallest absolute Gasteiger partial charge is 0.229 e. The summed E-state index contributed by atoms with van der Waals surface area (Å²) < 4.78 is 0. The highest BCUT2D eigenvalue weighted by molar-refractivity contribution is 6.04. The van der Waals surface area contributed by atoms with Gasteiger partial charge in [0.1, 0.15) is 0 Å². The minimum Gasteiger partial charge on any atom is -0.326 e. The normalized spacial score (nSPS) is 17.2. The zero-order valence-corrected chi connectivity index (χ0v) is 14.3. The van der Waals surface area contributed by atoms with Crippen molar-refractivity contribution in [2.45, 2.75) is 27.2 Å². The van der Waals surface area contributed by atoms with Crippen LogP contribution in [0.25, 0.3) is 0 Å². The van der Waals surface area contributed by atoms with Crippen LogP contribution in [0.5, 0.6) is 0 Å². The van der Waals surface area contributed by atoms with Crippen LogP contribution < -0.4 is 10.2 Å². The Morgan fingerprint density at radius 1 is 1.04 bits per heavy atom. The Bertz CT molecular complexity index is 760. The molecule has 124 valence electrons. The minimum atomic E-state index is -0.321. The number of nitrogens with zero attached hydrogens (tertiary/aromatic N) is 1. The van der Waals surface area contributed by atoms with Crippen LogP contribution in [0, 0.1) is 26.7 Å². The molecule has 0 bridgehead atoms. The Labute approximate surface area is 142 Å². The lowest BCUT2D eigenvalue weighted by Crippen LogP contribution is -2.29. The van der Waals surface area contributed by atoms with Crippen LogP contribution in [0.15, 0.2) is 42.5 Å². The largest absolute Gasteiger partial charge is 0.326 e.